The zero-order valence-corrected chi connectivity index (χ0v) is 21.1. The molecule has 0 N–H and O–H groups in total. The molecule has 2 fully saturated rings. The van der Waals surface area contributed by atoms with E-state index in [1.54, 1.807) is 23.8 Å². The number of likely N-dealkylation sites (tertiary alicyclic amines) is 1. The molecule has 2 amide bonds. The average molecular weight is 540 g/mol. The predicted octanol–water partition coefficient (Wildman–Crippen LogP) is 4.39. The van der Waals surface area contributed by atoms with Crippen molar-refractivity contribution in [3.05, 3.63) is 82.4 Å². The molecule has 2 saturated heterocycles. The second kappa shape index (κ2) is 9.55. The van der Waals surface area contributed by atoms with Gasteiger partial charge in [0.15, 0.2) is 5.01 Å². The van der Waals surface area contributed by atoms with Crippen molar-refractivity contribution in [3.63, 3.8) is 0 Å². The maximum Gasteiger partial charge on any atom is 0.416 e. The first-order chi connectivity index (χ1) is 18.3. The van der Waals surface area contributed by atoms with E-state index >= 15 is 0 Å². The van der Waals surface area contributed by atoms with Gasteiger partial charge < -0.3 is 14.4 Å². The lowest BCUT2D eigenvalue weighted by molar-refractivity contribution is -0.137. The van der Waals surface area contributed by atoms with Crippen LogP contribution in [0.5, 0.6) is 0 Å². The van der Waals surface area contributed by atoms with Gasteiger partial charge in [0.1, 0.15) is 0 Å². The minimum absolute atomic E-state index is 0.0207. The summed E-state index contributed by atoms with van der Waals surface area (Å²) in [5.41, 5.74) is 1.32. The van der Waals surface area contributed by atoms with Gasteiger partial charge in [-0.3, -0.25) is 14.5 Å². The van der Waals surface area contributed by atoms with Crippen molar-refractivity contribution >= 4 is 34.1 Å². The Morgan fingerprint density at radius 3 is 2.29 bits per heavy atom. The van der Waals surface area contributed by atoms with Crippen molar-refractivity contribution in [1.82, 2.24) is 24.3 Å². The molecule has 4 aromatic rings. The van der Waals surface area contributed by atoms with Crippen LogP contribution in [0.3, 0.4) is 0 Å². The van der Waals surface area contributed by atoms with Gasteiger partial charge in [-0.1, -0.05) is 0 Å². The Hall–Kier alpha value is -3.70. The van der Waals surface area contributed by atoms with Gasteiger partial charge in [-0.25, -0.2) is 4.98 Å². The van der Waals surface area contributed by atoms with Gasteiger partial charge in [-0.2, -0.15) is 13.2 Å². The number of fused-ring (bicyclic) bond motifs is 1. The SMILES string of the molecule is O=C(c1ccc2c(ccn2-c2ccc(C(F)(F)F)cc2)c1)N1CCN(C2CN(C(=O)c3nccs3)C2)CC1. The fourth-order valence-electron chi connectivity index (χ4n) is 5.10. The highest BCUT2D eigenvalue weighted by Gasteiger charge is 2.37. The Balaban J connectivity index is 1.07. The van der Waals surface area contributed by atoms with E-state index in [0.717, 1.165) is 36.1 Å². The smallest absolute Gasteiger partial charge is 0.336 e. The number of hydrogen-bond acceptors (Lipinski definition) is 5. The zero-order chi connectivity index (χ0) is 26.4. The van der Waals surface area contributed by atoms with Gasteiger partial charge in [0.05, 0.1) is 11.1 Å². The summed E-state index contributed by atoms with van der Waals surface area (Å²) >= 11 is 1.35. The lowest BCUT2D eigenvalue weighted by atomic mass is 10.1. The summed E-state index contributed by atoms with van der Waals surface area (Å²) in [7, 11) is 0. The number of carbonyl (C=O) groups is 2. The van der Waals surface area contributed by atoms with Crippen molar-refractivity contribution in [3.8, 4) is 5.69 Å². The van der Waals surface area contributed by atoms with Crippen LogP contribution in [0.25, 0.3) is 16.6 Å². The number of nitrogens with zero attached hydrogens (tertiary/aromatic N) is 5. The molecule has 0 aliphatic carbocycles. The topological polar surface area (TPSA) is 61.7 Å². The van der Waals surface area contributed by atoms with Crippen molar-refractivity contribution < 1.29 is 22.8 Å². The number of rotatable bonds is 4. The largest absolute Gasteiger partial charge is 0.416 e. The van der Waals surface area contributed by atoms with Gasteiger partial charge in [0.2, 0.25) is 0 Å². The summed E-state index contributed by atoms with van der Waals surface area (Å²) in [4.78, 5) is 35.7. The number of alkyl halides is 3. The van der Waals surface area contributed by atoms with E-state index in [0.29, 0.717) is 48.5 Å². The van der Waals surface area contributed by atoms with Crippen molar-refractivity contribution in [1.29, 1.82) is 0 Å². The van der Waals surface area contributed by atoms with Crippen molar-refractivity contribution in [2.24, 2.45) is 0 Å². The summed E-state index contributed by atoms with van der Waals surface area (Å²) in [6.45, 7) is 4.09. The highest BCUT2D eigenvalue weighted by atomic mass is 32.1. The molecule has 2 aromatic heterocycles. The van der Waals surface area contributed by atoms with E-state index in [4.69, 9.17) is 0 Å². The minimum Gasteiger partial charge on any atom is -0.336 e. The quantitative estimate of drug-likeness (QED) is 0.386. The number of piperazine rings is 1. The van der Waals surface area contributed by atoms with Crippen LogP contribution in [0.4, 0.5) is 13.2 Å². The Bertz CT molecular complexity index is 1470. The molecule has 0 unspecified atom stereocenters. The highest BCUT2D eigenvalue weighted by Crippen LogP contribution is 2.30. The standard InChI is InChI=1S/C27H24F3N5O2S/c28-27(29,30)20-2-4-21(5-3-20)35-9-7-18-15-19(1-6-23(18)35)25(36)33-12-10-32(11-13-33)22-16-34(17-22)26(37)24-31-8-14-38-24/h1-9,14-15,22H,10-13,16-17H2. The van der Waals surface area contributed by atoms with Gasteiger partial charge in [-0.05, 0) is 48.5 Å². The normalized spacial score (nSPS) is 17.1. The predicted molar refractivity (Wildman–Crippen MR) is 138 cm³/mol. The highest BCUT2D eigenvalue weighted by molar-refractivity contribution is 7.11. The maximum atomic E-state index is 13.2. The molecule has 38 heavy (non-hydrogen) atoms. The maximum absolute atomic E-state index is 13.2. The van der Waals surface area contributed by atoms with Crippen LogP contribution in [-0.4, -0.2) is 81.4 Å². The Morgan fingerprint density at radius 1 is 0.895 bits per heavy atom. The number of hydrogen-bond donors (Lipinski definition) is 0. The van der Waals surface area contributed by atoms with Gasteiger partial charge in [-0.15, -0.1) is 11.3 Å². The third-order valence-electron chi connectivity index (χ3n) is 7.29. The van der Waals surface area contributed by atoms with Gasteiger partial charge in [0.25, 0.3) is 11.8 Å². The van der Waals surface area contributed by atoms with Crippen LogP contribution >= 0.6 is 11.3 Å². The second-order valence-electron chi connectivity index (χ2n) is 9.53. The summed E-state index contributed by atoms with van der Waals surface area (Å²) in [6, 6.07) is 12.6. The average Bonchev–Trinajstić information content (AvgIpc) is 3.57. The minimum atomic E-state index is -4.38. The molecule has 2 aliphatic rings. The van der Waals surface area contributed by atoms with Crippen LogP contribution in [0.1, 0.15) is 25.7 Å². The molecule has 2 aromatic carbocycles. The molecule has 0 bridgehead atoms. The zero-order valence-electron chi connectivity index (χ0n) is 20.3. The Morgan fingerprint density at radius 2 is 1.63 bits per heavy atom. The second-order valence-corrected chi connectivity index (χ2v) is 10.4. The summed E-state index contributed by atoms with van der Waals surface area (Å²) in [6.07, 6.45) is -0.948. The number of thiazole rings is 1. The fourth-order valence-corrected chi connectivity index (χ4v) is 5.70. The van der Waals surface area contributed by atoms with E-state index in [2.05, 4.69) is 9.88 Å². The number of amides is 2. The molecule has 0 atom stereocenters. The molecule has 196 valence electrons. The van der Waals surface area contributed by atoms with E-state index < -0.39 is 11.7 Å². The Labute approximate surface area is 220 Å². The molecule has 6 rings (SSSR count). The van der Waals surface area contributed by atoms with Gasteiger partial charge >= 0.3 is 6.18 Å². The molecule has 7 nitrogen and oxygen atoms in total. The molecule has 0 spiro atoms. The van der Waals surface area contributed by atoms with Crippen molar-refractivity contribution in [2.45, 2.75) is 12.2 Å². The lowest BCUT2D eigenvalue weighted by Gasteiger charge is -2.47. The van der Waals surface area contributed by atoms with Crippen LogP contribution in [0.15, 0.2) is 66.3 Å². The first-order valence-corrected chi connectivity index (χ1v) is 13.2. The molecule has 0 radical (unpaired) electrons. The number of carbonyl (C=O) groups excluding carboxylic acids is 2. The molecular weight excluding hydrogens is 515 g/mol. The molecule has 2 aliphatic heterocycles. The lowest BCUT2D eigenvalue weighted by Crippen LogP contribution is -2.64. The van der Waals surface area contributed by atoms with Gasteiger partial charge in [0, 0.05) is 79.7 Å². The third kappa shape index (κ3) is 4.56. The van der Waals surface area contributed by atoms with Crippen molar-refractivity contribution in [2.75, 3.05) is 39.3 Å². The monoisotopic (exact) mass is 539 g/mol. The summed E-state index contributed by atoms with van der Waals surface area (Å²) < 4.78 is 40.5. The summed E-state index contributed by atoms with van der Waals surface area (Å²) in [5.74, 6) is -0.0596. The third-order valence-corrected chi connectivity index (χ3v) is 8.05. The van der Waals surface area contributed by atoms with E-state index in [1.807, 2.05) is 32.6 Å². The van der Waals surface area contributed by atoms with Crippen LogP contribution < -0.4 is 0 Å². The number of aromatic nitrogens is 2. The van der Waals surface area contributed by atoms with Crippen LogP contribution in [-0.2, 0) is 6.18 Å². The first-order valence-electron chi connectivity index (χ1n) is 12.3. The number of halogens is 3. The Kier molecular flexibility index (Phi) is 6.19. The molecule has 0 saturated carbocycles. The number of benzene rings is 2. The van der Waals surface area contributed by atoms with E-state index in [-0.39, 0.29) is 11.8 Å². The van der Waals surface area contributed by atoms with E-state index in [9.17, 15) is 22.8 Å². The fraction of sp³-hybridized carbons (Fsp3) is 0.296. The molecule has 11 heteroatoms. The molecular formula is C27H24F3N5O2S. The van der Waals surface area contributed by atoms with Crippen LogP contribution in [0.2, 0.25) is 0 Å². The van der Waals surface area contributed by atoms with E-state index in [1.165, 1.54) is 23.5 Å². The summed E-state index contributed by atoms with van der Waals surface area (Å²) in [5, 5.41) is 3.16. The van der Waals surface area contributed by atoms with Crippen LogP contribution in [0, 0.1) is 0 Å². The first kappa shape index (κ1) is 24.6. The molecule has 4 heterocycles.